The molecule has 12 aromatic rings. The molecule has 0 aliphatic heterocycles. The Morgan fingerprint density at radius 2 is 0.774 bits per heavy atom. The van der Waals surface area contributed by atoms with E-state index in [-0.39, 0.29) is 5.41 Å². The highest BCUT2D eigenvalue weighted by Gasteiger charge is 2.36. The predicted octanol–water partition coefficient (Wildman–Crippen LogP) is 17.2. The molecular weight excluding hydrogens is 749 g/mol. The monoisotopic (exact) mass is 788 g/mol. The zero-order chi connectivity index (χ0) is 41.1. The largest absolute Gasteiger partial charge is 0.456 e. The Morgan fingerprint density at radius 3 is 1.47 bits per heavy atom. The lowest BCUT2D eigenvalue weighted by Gasteiger charge is -2.22. The van der Waals surface area contributed by atoms with E-state index in [0.717, 1.165) is 21.9 Å². The van der Waals surface area contributed by atoms with Gasteiger partial charge in [0.15, 0.2) is 0 Å². The van der Waals surface area contributed by atoms with Gasteiger partial charge in [0.25, 0.3) is 0 Å². The Hall–Kier alpha value is -7.74. The van der Waals surface area contributed by atoms with Gasteiger partial charge < -0.3 is 4.42 Å². The summed E-state index contributed by atoms with van der Waals surface area (Å²) in [5.41, 5.74) is 16.9. The summed E-state index contributed by atoms with van der Waals surface area (Å²) in [6.45, 7) is 4.72. The summed E-state index contributed by atoms with van der Waals surface area (Å²) >= 11 is 0. The molecule has 1 aliphatic rings. The summed E-state index contributed by atoms with van der Waals surface area (Å²) < 4.78 is 6.55. The molecule has 1 heterocycles. The van der Waals surface area contributed by atoms with E-state index in [2.05, 4.69) is 220 Å². The molecule has 0 atom stereocenters. The standard InChI is InChI=1S/C61H40O/c1-61(2)55-28-25-40(33-51(55)52-32-38-14-3-4-15-39(38)36-56(52)61)41-26-29-57-53(34-41)54-35-44(27-30-58(54)62-57)60-49-22-9-7-20-47(49)59(48-21-8-10-23-50(48)60)43-18-11-17-42(31-43)46-24-12-16-37-13-5-6-19-45(37)46/h3-36H,1-2H3. The summed E-state index contributed by atoms with van der Waals surface area (Å²) in [6.07, 6.45) is 0. The second kappa shape index (κ2) is 13.1. The lowest BCUT2D eigenvalue weighted by molar-refractivity contribution is 0.661. The highest BCUT2D eigenvalue weighted by Crippen LogP contribution is 2.51. The Kier molecular flexibility index (Phi) is 7.42. The lowest BCUT2D eigenvalue weighted by Crippen LogP contribution is -2.14. The maximum atomic E-state index is 6.55. The van der Waals surface area contributed by atoms with Crippen molar-refractivity contribution in [2.75, 3.05) is 0 Å². The number of hydrogen-bond acceptors (Lipinski definition) is 1. The van der Waals surface area contributed by atoms with Crippen molar-refractivity contribution in [3.8, 4) is 55.6 Å². The highest BCUT2D eigenvalue weighted by atomic mass is 16.3. The van der Waals surface area contributed by atoms with Gasteiger partial charge in [-0.2, -0.15) is 0 Å². The van der Waals surface area contributed by atoms with E-state index in [4.69, 9.17) is 4.42 Å². The van der Waals surface area contributed by atoms with E-state index in [1.165, 1.54) is 110 Å². The molecule has 0 saturated carbocycles. The second-order valence-electron chi connectivity index (χ2n) is 17.6. The van der Waals surface area contributed by atoms with Crippen LogP contribution < -0.4 is 0 Å². The first kappa shape index (κ1) is 35.1. The lowest BCUT2D eigenvalue weighted by atomic mass is 9.81. The van der Waals surface area contributed by atoms with E-state index in [0.29, 0.717) is 0 Å². The zero-order valence-corrected chi connectivity index (χ0v) is 34.5. The summed E-state index contributed by atoms with van der Waals surface area (Å²) in [7, 11) is 0. The number of benzene rings is 11. The van der Waals surface area contributed by atoms with E-state index >= 15 is 0 Å². The smallest absolute Gasteiger partial charge is 0.135 e. The van der Waals surface area contributed by atoms with Crippen molar-refractivity contribution < 1.29 is 4.42 Å². The maximum absolute atomic E-state index is 6.55. The van der Waals surface area contributed by atoms with Crippen molar-refractivity contribution in [3.63, 3.8) is 0 Å². The minimum Gasteiger partial charge on any atom is -0.456 e. The van der Waals surface area contributed by atoms with Crippen LogP contribution in [-0.2, 0) is 5.41 Å². The average Bonchev–Trinajstić information content (AvgIpc) is 3.79. The summed E-state index contributed by atoms with van der Waals surface area (Å²) in [4.78, 5) is 0. The second-order valence-corrected chi connectivity index (χ2v) is 17.6. The first-order valence-corrected chi connectivity index (χ1v) is 21.7. The van der Waals surface area contributed by atoms with E-state index in [1.807, 2.05) is 0 Å². The van der Waals surface area contributed by atoms with Crippen LogP contribution in [0.25, 0.3) is 121 Å². The predicted molar refractivity (Wildman–Crippen MR) is 263 cm³/mol. The van der Waals surface area contributed by atoms with Crippen LogP contribution >= 0.6 is 0 Å². The number of rotatable bonds is 4. The molecule has 0 N–H and O–H groups in total. The minimum absolute atomic E-state index is 0.0670. The van der Waals surface area contributed by atoms with Crippen molar-refractivity contribution in [1.29, 1.82) is 0 Å². The molecule has 11 aromatic carbocycles. The molecule has 290 valence electrons. The fourth-order valence-electron chi connectivity index (χ4n) is 10.8. The molecule has 1 nitrogen and oxygen atoms in total. The topological polar surface area (TPSA) is 13.1 Å². The first-order valence-electron chi connectivity index (χ1n) is 21.7. The molecule has 13 rings (SSSR count). The minimum atomic E-state index is -0.0670. The molecule has 0 fully saturated rings. The molecular formula is C61H40O. The molecule has 0 unspecified atom stereocenters. The Balaban J connectivity index is 0.961. The van der Waals surface area contributed by atoms with Gasteiger partial charge in [-0.15, -0.1) is 0 Å². The Labute approximate surface area is 360 Å². The van der Waals surface area contributed by atoms with Crippen LogP contribution in [0.4, 0.5) is 0 Å². The van der Waals surface area contributed by atoms with Gasteiger partial charge in [0.2, 0.25) is 0 Å². The molecule has 1 heteroatoms. The van der Waals surface area contributed by atoms with Gasteiger partial charge in [-0.05, 0) is 158 Å². The van der Waals surface area contributed by atoms with E-state index in [1.54, 1.807) is 0 Å². The summed E-state index contributed by atoms with van der Waals surface area (Å²) in [6, 6.07) is 76.2. The SMILES string of the molecule is CC1(C)c2ccc(-c3ccc4oc5ccc(-c6c7ccccc7c(-c7cccc(-c8cccc9ccccc89)c7)c7ccccc67)cc5c4c3)cc2-c2cc3ccccc3cc21. The van der Waals surface area contributed by atoms with Crippen molar-refractivity contribution in [3.05, 3.63) is 217 Å². The van der Waals surface area contributed by atoms with Crippen molar-refractivity contribution in [2.45, 2.75) is 19.3 Å². The van der Waals surface area contributed by atoms with Gasteiger partial charge in [-0.1, -0.05) is 172 Å². The first-order chi connectivity index (χ1) is 30.5. The highest BCUT2D eigenvalue weighted by molar-refractivity contribution is 6.22. The van der Waals surface area contributed by atoms with Crippen LogP contribution in [-0.4, -0.2) is 0 Å². The molecule has 62 heavy (non-hydrogen) atoms. The average molecular weight is 789 g/mol. The van der Waals surface area contributed by atoms with Gasteiger partial charge in [-0.25, -0.2) is 0 Å². The van der Waals surface area contributed by atoms with Crippen LogP contribution in [0.15, 0.2) is 211 Å². The van der Waals surface area contributed by atoms with Crippen LogP contribution in [0.2, 0.25) is 0 Å². The molecule has 1 aromatic heterocycles. The van der Waals surface area contributed by atoms with Gasteiger partial charge in [0, 0.05) is 16.2 Å². The van der Waals surface area contributed by atoms with E-state index < -0.39 is 0 Å². The van der Waals surface area contributed by atoms with Crippen LogP contribution in [0.5, 0.6) is 0 Å². The Bertz CT molecular complexity index is 3780. The van der Waals surface area contributed by atoms with Crippen molar-refractivity contribution in [1.82, 2.24) is 0 Å². The van der Waals surface area contributed by atoms with E-state index in [9.17, 15) is 0 Å². The summed E-state index contributed by atoms with van der Waals surface area (Å²) in [5, 5.41) is 12.3. The fourth-order valence-corrected chi connectivity index (χ4v) is 10.8. The van der Waals surface area contributed by atoms with Crippen molar-refractivity contribution >= 4 is 65.0 Å². The maximum Gasteiger partial charge on any atom is 0.135 e. The van der Waals surface area contributed by atoms with Crippen LogP contribution in [0.3, 0.4) is 0 Å². The molecule has 0 amide bonds. The Morgan fingerprint density at radius 1 is 0.290 bits per heavy atom. The zero-order valence-electron chi connectivity index (χ0n) is 34.5. The molecule has 0 saturated heterocycles. The van der Waals surface area contributed by atoms with Gasteiger partial charge in [0.1, 0.15) is 11.2 Å². The fraction of sp³-hybridized carbons (Fsp3) is 0.0492. The summed E-state index contributed by atoms with van der Waals surface area (Å²) in [5.74, 6) is 0. The van der Waals surface area contributed by atoms with Crippen molar-refractivity contribution in [2.24, 2.45) is 0 Å². The molecule has 0 spiro atoms. The molecule has 1 aliphatic carbocycles. The van der Waals surface area contributed by atoms with Gasteiger partial charge in [-0.3, -0.25) is 0 Å². The quantitative estimate of drug-likeness (QED) is 0.162. The van der Waals surface area contributed by atoms with Crippen LogP contribution in [0.1, 0.15) is 25.0 Å². The third kappa shape index (κ3) is 5.15. The third-order valence-electron chi connectivity index (χ3n) is 13.8. The molecule has 0 bridgehead atoms. The number of furan rings is 1. The third-order valence-corrected chi connectivity index (χ3v) is 13.8. The van der Waals surface area contributed by atoms with Crippen LogP contribution in [0, 0.1) is 0 Å². The normalized spacial score (nSPS) is 13.1. The molecule has 0 radical (unpaired) electrons. The number of fused-ring (bicyclic) bond motifs is 10. The number of hydrogen-bond donors (Lipinski definition) is 0. The van der Waals surface area contributed by atoms with Gasteiger partial charge in [0.05, 0.1) is 0 Å². The van der Waals surface area contributed by atoms with Gasteiger partial charge >= 0.3 is 0 Å².